The Morgan fingerprint density at radius 1 is 1.11 bits per heavy atom. The van der Waals surface area contributed by atoms with Crippen molar-refractivity contribution in [3.05, 3.63) is 48.7 Å². The fraction of sp³-hybridized carbons (Fsp3) is 0.385. The Morgan fingerprint density at radius 3 is 2.53 bits per heavy atom. The van der Waals surface area contributed by atoms with Crippen LogP contribution in [-0.2, 0) is 7.05 Å². The normalized spacial score (nSPS) is 17.4. The van der Waals surface area contributed by atoms with Crippen molar-refractivity contribution in [1.29, 1.82) is 0 Å². The second-order valence-electron chi connectivity index (χ2n) is 9.70. The van der Waals surface area contributed by atoms with Gasteiger partial charge < -0.3 is 14.7 Å². The van der Waals surface area contributed by atoms with Crippen molar-refractivity contribution in [2.24, 2.45) is 7.05 Å². The molecule has 198 valence electrons. The van der Waals surface area contributed by atoms with Gasteiger partial charge in [-0.15, -0.1) is 0 Å². The number of aryl methyl sites for hydroxylation is 1. The molecular weight excluding hydrogens is 488 g/mol. The number of hydrogen-bond donors (Lipinski definition) is 1. The molecule has 1 fully saturated rings. The topological polar surface area (TPSA) is 132 Å². The Morgan fingerprint density at radius 2 is 1.87 bits per heavy atom. The molecule has 4 heterocycles. The molecule has 1 aliphatic carbocycles. The summed E-state index contributed by atoms with van der Waals surface area (Å²) < 4.78 is 9.96. The number of rotatable bonds is 6. The number of pyridine rings is 2. The number of aromatic nitrogens is 6. The molecule has 0 unspecified atom stereocenters. The van der Waals surface area contributed by atoms with Crippen molar-refractivity contribution >= 4 is 28.7 Å². The predicted molar refractivity (Wildman–Crippen MR) is 140 cm³/mol. The summed E-state index contributed by atoms with van der Waals surface area (Å²) in [4.78, 5) is 35.3. The molecule has 0 saturated heterocycles. The predicted octanol–water partition coefficient (Wildman–Crippen LogP) is 3.61. The highest BCUT2D eigenvalue weighted by Crippen LogP contribution is 2.37. The molecule has 12 nitrogen and oxygen atoms in total. The smallest absolute Gasteiger partial charge is 0.412 e. The van der Waals surface area contributed by atoms with Gasteiger partial charge in [-0.1, -0.05) is 0 Å². The van der Waals surface area contributed by atoms with Gasteiger partial charge in [-0.2, -0.15) is 10.2 Å². The van der Waals surface area contributed by atoms with E-state index in [1.165, 1.54) is 11.9 Å². The molecule has 12 heteroatoms. The molecule has 1 saturated carbocycles. The summed E-state index contributed by atoms with van der Waals surface area (Å²) in [7, 11) is 6.70. The fourth-order valence-electron chi connectivity index (χ4n) is 4.78. The Balaban J connectivity index is 1.41. The molecule has 1 N–H and O–H groups in total. The first-order valence-electron chi connectivity index (χ1n) is 12.4. The van der Waals surface area contributed by atoms with Gasteiger partial charge in [0.2, 0.25) is 0 Å². The van der Waals surface area contributed by atoms with E-state index in [2.05, 4.69) is 15.1 Å². The van der Waals surface area contributed by atoms with Crippen LogP contribution in [0, 0.1) is 0 Å². The number of carboxylic acid groups (broad SMARTS) is 1. The maximum absolute atomic E-state index is 12.5. The fourth-order valence-corrected chi connectivity index (χ4v) is 4.78. The third kappa shape index (κ3) is 4.76. The van der Waals surface area contributed by atoms with Gasteiger partial charge >= 0.3 is 6.09 Å². The maximum Gasteiger partial charge on any atom is 0.412 e. The zero-order valence-electron chi connectivity index (χ0n) is 21.8. The molecule has 38 heavy (non-hydrogen) atoms. The molecule has 0 radical (unpaired) electrons. The van der Waals surface area contributed by atoms with Crippen LogP contribution in [0.25, 0.3) is 22.2 Å². The van der Waals surface area contributed by atoms with Crippen LogP contribution in [-0.4, -0.2) is 78.8 Å². The van der Waals surface area contributed by atoms with Gasteiger partial charge in [-0.25, -0.2) is 14.8 Å². The molecular formula is C26H30N8O4. The van der Waals surface area contributed by atoms with Crippen LogP contribution in [0.2, 0.25) is 0 Å². The van der Waals surface area contributed by atoms with Crippen LogP contribution < -0.4 is 9.64 Å². The number of nitrogens with zero attached hydrogens (tertiary/aromatic N) is 8. The van der Waals surface area contributed by atoms with Crippen molar-refractivity contribution < 1.29 is 19.4 Å². The monoisotopic (exact) mass is 518 g/mol. The minimum Gasteiger partial charge on any atom is -0.488 e. The lowest BCUT2D eigenvalue weighted by atomic mass is 9.93. The Bertz CT molecular complexity index is 1490. The van der Waals surface area contributed by atoms with Gasteiger partial charge in [0.15, 0.2) is 11.4 Å². The number of carbonyl (C=O) groups is 2. The summed E-state index contributed by atoms with van der Waals surface area (Å²) in [5, 5.41) is 19.5. The van der Waals surface area contributed by atoms with Crippen LogP contribution in [0.3, 0.4) is 0 Å². The first-order valence-corrected chi connectivity index (χ1v) is 12.4. The van der Waals surface area contributed by atoms with E-state index < -0.39 is 6.09 Å². The van der Waals surface area contributed by atoms with E-state index in [0.29, 0.717) is 17.3 Å². The van der Waals surface area contributed by atoms with E-state index in [4.69, 9.17) is 9.84 Å². The van der Waals surface area contributed by atoms with Crippen LogP contribution in [0.1, 0.15) is 42.2 Å². The van der Waals surface area contributed by atoms with Crippen molar-refractivity contribution in [1.82, 2.24) is 34.4 Å². The number of carbonyl (C=O) groups excluding carboxylic acids is 1. The third-order valence-electron chi connectivity index (χ3n) is 6.85. The van der Waals surface area contributed by atoms with E-state index >= 15 is 0 Å². The van der Waals surface area contributed by atoms with E-state index in [0.717, 1.165) is 52.7 Å². The largest absolute Gasteiger partial charge is 0.488 e. The van der Waals surface area contributed by atoms with Gasteiger partial charge in [0.25, 0.3) is 5.91 Å². The lowest BCUT2D eigenvalue weighted by molar-refractivity contribution is 0.0805. The first-order chi connectivity index (χ1) is 18.2. The van der Waals surface area contributed by atoms with Gasteiger partial charge in [0.05, 0.1) is 23.9 Å². The summed E-state index contributed by atoms with van der Waals surface area (Å²) in [5.41, 5.74) is 2.74. The van der Waals surface area contributed by atoms with Crippen LogP contribution >= 0.6 is 0 Å². The average molecular weight is 519 g/mol. The quantitative estimate of drug-likeness (QED) is 0.410. The Kier molecular flexibility index (Phi) is 6.70. The molecule has 0 aromatic carbocycles. The lowest BCUT2D eigenvalue weighted by Gasteiger charge is -2.30. The molecule has 0 atom stereocenters. The number of ether oxygens (including phenoxy) is 1. The maximum atomic E-state index is 12.5. The minimum absolute atomic E-state index is 0.0563. The molecule has 0 bridgehead atoms. The summed E-state index contributed by atoms with van der Waals surface area (Å²) in [6, 6.07) is 5.41. The van der Waals surface area contributed by atoms with Crippen LogP contribution in [0.15, 0.2) is 43.0 Å². The summed E-state index contributed by atoms with van der Waals surface area (Å²) >= 11 is 0. The Labute approximate surface area is 219 Å². The second-order valence-corrected chi connectivity index (χ2v) is 9.70. The second kappa shape index (κ2) is 10.1. The summed E-state index contributed by atoms with van der Waals surface area (Å²) in [5.74, 6) is 0.622. The molecule has 4 aromatic rings. The number of fused-ring (bicyclic) bond motifs is 1. The minimum atomic E-state index is -1.09. The molecule has 1 aliphatic rings. The van der Waals surface area contributed by atoms with Gasteiger partial charge in [0, 0.05) is 63.8 Å². The van der Waals surface area contributed by atoms with Crippen LogP contribution in [0.4, 0.5) is 10.6 Å². The zero-order chi connectivity index (χ0) is 27.0. The zero-order valence-corrected chi connectivity index (χ0v) is 21.8. The third-order valence-corrected chi connectivity index (χ3v) is 6.85. The van der Waals surface area contributed by atoms with Gasteiger partial charge in [-0.3, -0.25) is 19.1 Å². The number of anilines is 1. The number of hydrogen-bond acceptors (Lipinski definition) is 7. The highest BCUT2D eigenvalue weighted by atomic mass is 16.5. The molecule has 4 aromatic heterocycles. The van der Waals surface area contributed by atoms with E-state index in [1.807, 2.05) is 17.9 Å². The van der Waals surface area contributed by atoms with Crippen molar-refractivity contribution in [2.45, 2.75) is 37.8 Å². The molecule has 0 spiro atoms. The van der Waals surface area contributed by atoms with E-state index in [1.54, 1.807) is 55.6 Å². The first kappa shape index (κ1) is 25.2. The van der Waals surface area contributed by atoms with E-state index in [9.17, 15) is 14.7 Å². The van der Waals surface area contributed by atoms with Crippen molar-refractivity contribution in [3.63, 3.8) is 0 Å². The summed E-state index contributed by atoms with van der Waals surface area (Å²) in [6.45, 7) is 0. The molecule has 0 aliphatic heterocycles. The van der Waals surface area contributed by atoms with Crippen molar-refractivity contribution in [2.75, 3.05) is 26.0 Å². The van der Waals surface area contributed by atoms with Crippen molar-refractivity contribution in [3.8, 4) is 17.0 Å². The highest BCUT2D eigenvalue weighted by Gasteiger charge is 2.28. The Hall–Kier alpha value is -4.48. The SMILES string of the molecule is CN(C)C(=O)c1ncccc1O[C@H]1CC[C@@H](n2nc(-c3cnn(C)c3)c3cnc(N(C)C(=O)O)cc32)CC1. The standard InChI is InChI=1S/C26H30N8O4/c1-31(2)25(35)24-21(6-5-11-27-24)38-18-9-7-17(8-10-18)34-20-12-22(33(4)26(36)37)28-14-19(20)23(30-34)16-13-29-32(3)15-16/h5-6,11-15,17-18H,7-10H2,1-4H3,(H,36,37)/t17-,18+. The highest BCUT2D eigenvalue weighted by molar-refractivity contribution is 5.96. The average Bonchev–Trinajstić information content (AvgIpc) is 3.51. The van der Waals surface area contributed by atoms with Gasteiger partial charge in [0.1, 0.15) is 11.5 Å². The van der Waals surface area contributed by atoms with E-state index in [-0.39, 0.29) is 18.1 Å². The van der Waals surface area contributed by atoms with Crippen LogP contribution in [0.5, 0.6) is 5.75 Å². The molecule has 2 amide bonds. The summed E-state index contributed by atoms with van der Waals surface area (Å²) in [6.07, 6.45) is 8.93. The molecule has 5 rings (SSSR count). The van der Waals surface area contributed by atoms with Gasteiger partial charge in [-0.05, 0) is 37.8 Å². The lowest BCUT2D eigenvalue weighted by Crippen LogP contribution is -2.28. The number of amides is 2.